The van der Waals surface area contributed by atoms with E-state index in [4.69, 9.17) is 11.6 Å². The van der Waals surface area contributed by atoms with Crippen LogP contribution in [0.25, 0.3) is 0 Å². The third-order valence-corrected chi connectivity index (χ3v) is 2.98. The van der Waals surface area contributed by atoms with Crippen LogP contribution in [0.3, 0.4) is 0 Å². The molecule has 0 aliphatic carbocycles. The van der Waals surface area contributed by atoms with Gasteiger partial charge in [0.15, 0.2) is 0 Å². The van der Waals surface area contributed by atoms with Gasteiger partial charge in [-0.15, -0.1) is 0 Å². The van der Waals surface area contributed by atoms with Gasteiger partial charge in [-0.05, 0) is 31.7 Å². The molecule has 1 aromatic heterocycles. The maximum atomic E-state index is 5.95. The van der Waals surface area contributed by atoms with Crippen LogP contribution in [0.15, 0.2) is 42.6 Å². The van der Waals surface area contributed by atoms with E-state index in [1.54, 1.807) is 12.3 Å². The number of nitrogens with zero attached hydrogens (tertiary/aromatic N) is 2. The van der Waals surface area contributed by atoms with Crippen molar-refractivity contribution in [1.82, 2.24) is 9.88 Å². The quantitative estimate of drug-likeness (QED) is 0.834. The van der Waals surface area contributed by atoms with Gasteiger partial charge in [-0.25, -0.2) is 0 Å². The van der Waals surface area contributed by atoms with E-state index in [9.17, 15) is 0 Å². The van der Waals surface area contributed by atoms with Gasteiger partial charge in [0.05, 0.1) is 5.69 Å². The van der Waals surface area contributed by atoms with Crippen LogP contribution in [0.2, 0.25) is 5.02 Å². The zero-order chi connectivity index (χ0) is 13.0. The lowest BCUT2D eigenvalue weighted by Crippen LogP contribution is -2.17. The Kier molecular flexibility index (Phi) is 4.34. The molecule has 0 atom stereocenters. The molecule has 18 heavy (non-hydrogen) atoms. The lowest BCUT2D eigenvalue weighted by Gasteiger charge is -2.16. The van der Waals surface area contributed by atoms with Gasteiger partial charge < -0.3 is 0 Å². The maximum Gasteiger partial charge on any atom is 0.0558 e. The summed E-state index contributed by atoms with van der Waals surface area (Å²) in [7, 11) is 2.09. The molecule has 0 saturated heterocycles. The van der Waals surface area contributed by atoms with Crippen LogP contribution in [-0.2, 0) is 13.1 Å². The molecule has 1 aromatic carbocycles. The van der Waals surface area contributed by atoms with Crippen molar-refractivity contribution < 1.29 is 0 Å². The van der Waals surface area contributed by atoms with Crippen LogP contribution >= 0.6 is 11.6 Å². The number of hydrogen-bond acceptors (Lipinski definition) is 2. The molecular weight excluding hydrogens is 244 g/mol. The molecule has 3 heteroatoms. The van der Waals surface area contributed by atoms with Crippen LogP contribution in [0.1, 0.15) is 16.8 Å². The van der Waals surface area contributed by atoms with Crippen LogP contribution in [0.4, 0.5) is 0 Å². The monoisotopic (exact) mass is 260 g/mol. The predicted octanol–water partition coefficient (Wildman–Crippen LogP) is 3.68. The Labute approximate surface area is 113 Å². The molecule has 2 rings (SSSR count). The largest absolute Gasteiger partial charge is 0.296 e. The molecule has 0 amide bonds. The summed E-state index contributed by atoms with van der Waals surface area (Å²) in [6.45, 7) is 3.83. The SMILES string of the molecule is Cc1cccc(CN(C)Cc2cc(Cl)ccn2)c1. The van der Waals surface area contributed by atoms with E-state index in [0.717, 1.165) is 23.8 Å². The van der Waals surface area contributed by atoms with Crippen molar-refractivity contribution in [2.45, 2.75) is 20.0 Å². The van der Waals surface area contributed by atoms with Gasteiger partial charge >= 0.3 is 0 Å². The third-order valence-electron chi connectivity index (χ3n) is 2.75. The summed E-state index contributed by atoms with van der Waals surface area (Å²) in [6.07, 6.45) is 1.75. The van der Waals surface area contributed by atoms with Gasteiger partial charge in [0.25, 0.3) is 0 Å². The molecule has 0 saturated carbocycles. The Morgan fingerprint density at radius 3 is 2.72 bits per heavy atom. The Bertz CT molecular complexity index is 478. The van der Waals surface area contributed by atoms with Crippen molar-refractivity contribution in [3.8, 4) is 0 Å². The number of hydrogen-bond donors (Lipinski definition) is 0. The van der Waals surface area contributed by atoms with Crippen molar-refractivity contribution in [3.05, 3.63) is 64.4 Å². The summed E-state index contributed by atoms with van der Waals surface area (Å²) in [5.41, 5.74) is 3.61. The van der Waals surface area contributed by atoms with Crippen molar-refractivity contribution in [1.29, 1.82) is 0 Å². The van der Waals surface area contributed by atoms with Gasteiger partial charge in [-0.3, -0.25) is 9.88 Å². The zero-order valence-electron chi connectivity index (χ0n) is 10.7. The molecule has 0 aliphatic rings. The van der Waals surface area contributed by atoms with E-state index < -0.39 is 0 Å². The zero-order valence-corrected chi connectivity index (χ0v) is 11.5. The maximum absolute atomic E-state index is 5.95. The summed E-state index contributed by atoms with van der Waals surface area (Å²) in [5, 5.41) is 0.740. The van der Waals surface area contributed by atoms with Crippen LogP contribution < -0.4 is 0 Å². The highest BCUT2D eigenvalue weighted by Gasteiger charge is 2.03. The van der Waals surface area contributed by atoms with E-state index in [2.05, 4.69) is 48.1 Å². The van der Waals surface area contributed by atoms with Gasteiger partial charge in [-0.1, -0.05) is 41.4 Å². The molecule has 0 fully saturated rings. The molecule has 2 aromatic rings. The average molecular weight is 261 g/mol. The lowest BCUT2D eigenvalue weighted by molar-refractivity contribution is 0.315. The highest BCUT2D eigenvalue weighted by atomic mass is 35.5. The van der Waals surface area contributed by atoms with Crippen LogP contribution in [-0.4, -0.2) is 16.9 Å². The Balaban J connectivity index is 1.98. The first-order valence-electron chi connectivity index (χ1n) is 5.98. The summed E-state index contributed by atoms with van der Waals surface area (Å²) in [5.74, 6) is 0. The molecule has 0 radical (unpaired) electrons. The number of aryl methyl sites for hydroxylation is 1. The first kappa shape index (κ1) is 13.1. The van der Waals surface area contributed by atoms with E-state index in [0.29, 0.717) is 0 Å². The summed E-state index contributed by atoms with van der Waals surface area (Å²) in [6, 6.07) is 12.3. The highest BCUT2D eigenvalue weighted by Crippen LogP contribution is 2.12. The molecule has 0 bridgehead atoms. The standard InChI is InChI=1S/C15H17ClN2/c1-12-4-3-5-13(8-12)10-18(2)11-15-9-14(16)6-7-17-15/h3-9H,10-11H2,1-2H3. The number of aromatic nitrogens is 1. The fourth-order valence-electron chi connectivity index (χ4n) is 1.99. The van der Waals surface area contributed by atoms with E-state index in [1.165, 1.54) is 11.1 Å². The third kappa shape index (κ3) is 3.83. The molecule has 0 spiro atoms. The molecule has 94 valence electrons. The fraction of sp³-hybridized carbons (Fsp3) is 0.267. The predicted molar refractivity (Wildman–Crippen MR) is 75.6 cm³/mol. The minimum atomic E-state index is 0.740. The van der Waals surface area contributed by atoms with Crippen LogP contribution in [0.5, 0.6) is 0 Å². The Hall–Kier alpha value is -1.38. The summed E-state index contributed by atoms with van der Waals surface area (Å²) in [4.78, 5) is 6.54. The number of halogens is 1. The minimum Gasteiger partial charge on any atom is -0.296 e. The van der Waals surface area contributed by atoms with Crippen molar-refractivity contribution >= 4 is 11.6 Å². The average Bonchev–Trinajstić information content (AvgIpc) is 2.28. The summed E-state index contributed by atoms with van der Waals surface area (Å²) >= 11 is 5.95. The topological polar surface area (TPSA) is 16.1 Å². The normalized spacial score (nSPS) is 10.9. The lowest BCUT2D eigenvalue weighted by atomic mass is 10.1. The van der Waals surface area contributed by atoms with Crippen LogP contribution in [0, 0.1) is 6.92 Å². The minimum absolute atomic E-state index is 0.740. The van der Waals surface area contributed by atoms with Gasteiger partial charge in [0, 0.05) is 24.3 Å². The Morgan fingerprint density at radius 1 is 1.17 bits per heavy atom. The number of pyridine rings is 1. The Morgan fingerprint density at radius 2 is 2.00 bits per heavy atom. The summed E-state index contributed by atoms with van der Waals surface area (Å²) < 4.78 is 0. The fourth-order valence-corrected chi connectivity index (χ4v) is 2.17. The van der Waals surface area contributed by atoms with Gasteiger partial charge in [0.2, 0.25) is 0 Å². The first-order chi connectivity index (χ1) is 8.63. The van der Waals surface area contributed by atoms with E-state index in [-0.39, 0.29) is 0 Å². The molecule has 1 heterocycles. The van der Waals surface area contributed by atoms with Crippen molar-refractivity contribution in [2.75, 3.05) is 7.05 Å². The van der Waals surface area contributed by atoms with Gasteiger partial charge in [0.1, 0.15) is 0 Å². The van der Waals surface area contributed by atoms with Gasteiger partial charge in [-0.2, -0.15) is 0 Å². The van der Waals surface area contributed by atoms with Crippen molar-refractivity contribution in [2.24, 2.45) is 0 Å². The molecular formula is C15H17ClN2. The molecule has 0 unspecified atom stereocenters. The first-order valence-corrected chi connectivity index (χ1v) is 6.36. The van der Waals surface area contributed by atoms with E-state index >= 15 is 0 Å². The highest BCUT2D eigenvalue weighted by molar-refractivity contribution is 6.30. The smallest absolute Gasteiger partial charge is 0.0558 e. The number of benzene rings is 1. The van der Waals surface area contributed by atoms with Crippen molar-refractivity contribution in [3.63, 3.8) is 0 Å². The second kappa shape index (κ2) is 5.98. The molecule has 0 N–H and O–H groups in total. The second-order valence-electron chi connectivity index (χ2n) is 4.63. The van der Waals surface area contributed by atoms with E-state index in [1.807, 2.05) is 6.07 Å². The number of rotatable bonds is 4. The second-order valence-corrected chi connectivity index (χ2v) is 5.06. The molecule has 0 aliphatic heterocycles. The molecule has 2 nitrogen and oxygen atoms in total.